The number of ether oxygens (including phenoxy) is 2. The highest BCUT2D eigenvalue weighted by Crippen LogP contribution is 2.37. The Morgan fingerprint density at radius 2 is 1.67 bits per heavy atom. The van der Waals surface area contributed by atoms with E-state index in [-0.39, 0.29) is 17.1 Å². The van der Waals surface area contributed by atoms with Crippen molar-refractivity contribution < 1.29 is 46.1 Å². The van der Waals surface area contributed by atoms with Gasteiger partial charge in [0.2, 0.25) is 0 Å². The number of amides is 1. The highest BCUT2D eigenvalue weighted by atomic mass is 19.4. The highest BCUT2D eigenvalue weighted by Gasteiger charge is 2.48. The first-order valence-electron chi connectivity index (χ1n) is 10.5. The number of carboxylic acids is 1. The maximum atomic E-state index is 13.3. The summed E-state index contributed by atoms with van der Waals surface area (Å²) in [6.45, 7) is 6.29. The van der Waals surface area contributed by atoms with E-state index in [1.54, 1.807) is 4.90 Å². The Balaban J connectivity index is 0.000000383. The molecule has 0 aromatic heterocycles. The molecule has 184 valence electrons. The molecule has 3 aliphatic rings. The normalized spacial score (nSPS) is 22.8. The fourth-order valence-corrected chi connectivity index (χ4v) is 4.11. The molecule has 0 saturated carbocycles. The maximum Gasteiger partial charge on any atom is 0.490 e. The second-order valence-corrected chi connectivity index (χ2v) is 8.43. The van der Waals surface area contributed by atoms with Crippen LogP contribution in [0.3, 0.4) is 0 Å². The van der Waals surface area contributed by atoms with E-state index in [9.17, 15) is 26.7 Å². The molecule has 33 heavy (non-hydrogen) atoms. The number of carboxylic acid groups (broad SMARTS) is 1. The Morgan fingerprint density at radius 1 is 1.09 bits per heavy atom. The van der Waals surface area contributed by atoms with Gasteiger partial charge in [0.15, 0.2) is 0 Å². The molecule has 1 amide bonds. The van der Waals surface area contributed by atoms with Crippen molar-refractivity contribution in [3.05, 3.63) is 35.4 Å². The summed E-state index contributed by atoms with van der Waals surface area (Å²) in [5.74, 6) is -4.05. The predicted octanol–water partition coefficient (Wildman–Crippen LogP) is 2.55. The smallest absolute Gasteiger partial charge is 0.475 e. The zero-order valence-electron chi connectivity index (χ0n) is 17.7. The van der Waals surface area contributed by atoms with Gasteiger partial charge >= 0.3 is 12.1 Å². The summed E-state index contributed by atoms with van der Waals surface area (Å²) in [7, 11) is 0. The third-order valence-corrected chi connectivity index (χ3v) is 5.85. The topological polar surface area (TPSA) is 79.3 Å². The van der Waals surface area contributed by atoms with Crippen LogP contribution in [0.25, 0.3) is 0 Å². The minimum atomic E-state index is -5.08. The first-order chi connectivity index (χ1) is 15.5. The van der Waals surface area contributed by atoms with Crippen LogP contribution < -0.4 is 0 Å². The Labute approximate surface area is 187 Å². The molecule has 0 aliphatic carbocycles. The second kappa shape index (κ2) is 10.3. The molecule has 1 atom stereocenters. The number of aliphatic carboxylic acids is 1. The van der Waals surface area contributed by atoms with Crippen LogP contribution in [-0.2, 0) is 14.3 Å². The lowest BCUT2D eigenvalue weighted by atomic mass is 9.82. The van der Waals surface area contributed by atoms with Gasteiger partial charge in [0.05, 0.1) is 32.9 Å². The van der Waals surface area contributed by atoms with Crippen LogP contribution in [0.4, 0.5) is 22.0 Å². The van der Waals surface area contributed by atoms with E-state index < -0.39 is 23.8 Å². The van der Waals surface area contributed by atoms with E-state index in [0.29, 0.717) is 25.6 Å². The third-order valence-electron chi connectivity index (χ3n) is 5.85. The second-order valence-electron chi connectivity index (χ2n) is 8.43. The molecule has 4 rings (SSSR count). The molecular weight excluding hydrogens is 455 g/mol. The van der Waals surface area contributed by atoms with Crippen molar-refractivity contribution in [1.29, 1.82) is 0 Å². The summed E-state index contributed by atoms with van der Waals surface area (Å²) in [5, 5.41) is 7.12. The zero-order chi connectivity index (χ0) is 24.2. The molecule has 1 aromatic rings. The van der Waals surface area contributed by atoms with Crippen molar-refractivity contribution >= 4 is 11.9 Å². The van der Waals surface area contributed by atoms with E-state index in [2.05, 4.69) is 4.90 Å². The number of rotatable bonds is 3. The van der Waals surface area contributed by atoms with Gasteiger partial charge in [-0.2, -0.15) is 13.2 Å². The van der Waals surface area contributed by atoms with Crippen molar-refractivity contribution in [2.24, 2.45) is 5.92 Å². The van der Waals surface area contributed by atoms with Gasteiger partial charge in [-0.3, -0.25) is 9.69 Å². The van der Waals surface area contributed by atoms with Crippen LogP contribution >= 0.6 is 0 Å². The summed E-state index contributed by atoms with van der Waals surface area (Å²) in [6.07, 6.45) is -3.09. The van der Waals surface area contributed by atoms with E-state index in [0.717, 1.165) is 63.9 Å². The summed E-state index contributed by atoms with van der Waals surface area (Å²) >= 11 is 0. The van der Waals surface area contributed by atoms with Crippen LogP contribution in [-0.4, -0.2) is 91.1 Å². The molecule has 3 heterocycles. The van der Waals surface area contributed by atoms with E-state index >= 15 is 0 Å². The maximum absolute atomic E-state index is 13.3. The fourth-order valence-electron chi connectivity index (χ4n) is 4.11. The van der Waals surface area contributed by atoms with Crippen molar-refractivity contribution in [3.63, 3.8) is 0 Å². The van der Waals surface area contributed by atoms with Crippen LogP contribution in [0.15, 0.2) is 18.2 Å². The summed E-state index contributed by atoms with van der Waals surface area (Å²) in [4.78, 5) is 25.3. The van der Waals surface area contributed by atoms with Crippen LogP contribution in [0.1, 0.15) is 23.2 Å². The van der Waals surface area contributed by atoms with E-state index in [1.807, 2.05) is 0 Å². The van der Waals surface area contributed by atoms with Gasteiger partial charge in [0.25, 0.3) is 5.91 Å². The van der Waals surface area contributed by atoms with E-state index in [4.69, 9.17) is 19.4 Å². The number of alkyl halides is 3. The van der Waals surface area contributed by atoms with Gasteiger partial charge in [-0.1, -0.05) is 0 Å². The number of carbonyl (C=O) groups is 2. The van der Waals surface area contributed by atoms with Crippen molar-refractivity contribution in [1.82, 2.24) is 9.80 Å². The van der Waals surface area contributed by atoms with Crippen LogP contribution in [0.5, 0.6) is 0 Å². The van der Waals surface area contributed by atoms with Gasteiger partial charge in [-0.15, -0.1) is 0 Å². The molecule has 3 aliphatic heterocycles. The monoisotopic (exact) mass is 480 g/mol. The number of morpholine rings is 1. The lowest BCUT2D eigenvalue weighted by Gasteiger charge is -2.53. The number of hydrogen-bond acceptors (Lipinski definition) is 5. The van der Waals surface area contributed by atoms with E-state index in [1.165, 1.54) is 0 Å². The standard InChI is InChI=1S/C19H24F2N2O3.C2HF3O2/c20-16-7-15(8-17(21)9-16)18(24)23-12-19(13-23)2-1-14(11-26-19)10-22-3-5-25-6-4-22;3-2(4,5)1(6)7/h7-9,14H,1-6,10-13H2;(H,6,7). The van der Waals surface area contributed by atoms with Crippen molar-refractivity contribution in [2.75, 3.05) is 52.5 Å². The Bertz CT molecular complexity index is 824. The lowest BCUT2D eigenvalue weighted by Crippen LogP contribution is -2.66. The Hall–Kier alpha value is -2.31. The first kappa shape index (κ1) is 25.3. The minimum Gasteiger partial charge on any atom is -0.475 e. The number of benzene rings is 1. The summed E-state index contributed by atoms with van der Waals surface area (Å²) < 4.78 is 69.9. The number of carbonyl (C=O) groups excluding carboxylic acids is 1. The lowest BCUT2D eigenvalue weighted by molar-refractivity contribution is -0.192. The van der Waals surface area contributed by atoms with Gasteiger partial charge < -0.3 is 19.5 Å². The molecule has 0 radical (unpaired) electrons. The van der Waals surface area contributed by atoms with Crippen molar-refractivity contribution in [3.8, 4) is 0 Å². The Morgan fingerprint density at radius 3 is 2.15 bits per heavy atom. The average Bonchev–Trinajstić information content (AvgIpc) is 2.72. The molecule has 1 aromatic carbocycles. The molecule has 3 fully saturated rings. The molecule has 1 N–H and O–H groups in total. The van der Waals surface area contributed by atoms with Crippen LogP contribution in [0, 0.1) is 17.6 Å². The molecule has 7 nitrogen and oxygen atoms in total. The fraction of sp³-hybridized carbons (Fsp3) is 0.619. The first-order valence-corrected chi connectivity index (χ1v) is 10.5. The zero-order valence-corrected chi connectivity index (χ0v) is 17.7. The van der Waals surface area contributed by atoms with Crippen molar-refractivity contribution in [2.45, 2.75) is 24.6 Å². The molecule has 1 unspecified atom stereocenters. The minimum absolute atomic E-state index is 0.0540. The largest absolute Gasteiger partial charge is 0.490 e. The quantitative estimate of drug-likeness (QED) is 0.671. The molecule has 0 bridgehead atoms. The molecular formula is C21H25F5N2O5. The SMILES string of the molecule is O=C(O)C(F)(F)F.O=C(c1cc(F)cc(F)c1)N1CC2(CCC(CN3CCOCC3)CO2)C1. The van der Waals surface area contributed by atoms with Gasteiger partial charge in [-0.25, -0.2) is 13.6 Å². The third kappa shape index (κ3) is 6.84. The number of hydrogen-bond donors (Lipinski definition) is 1. The Kier molecular flexibility index (Phi) is 7.91. The molecule has 12 heteroatoms. The van der Waals surface area contributed by atoms with Gasteiger partial charge in [0, 0.05) is 31.3 Å². The molecule has 3 saturated heterocycles. The molecule has 1 spiro atoms. The number of nitrogens with zero attached hydrogens (tertiary/aromatic N) is 2. The van der Waals surface area contributed by atoms with Crippen LogP contribution in [0.2, 0.25) is 0 Å². The highest BCUT2D eigenvalue weighted by molar-refractivity contribution is 5.95. The average molecular weight is 480 g/mol. The summed E-state index contributed by atoms with van der Waals surface area (Å²) in [5.41, 5.74) is -0.221. The number of halogens is 5. The summed E-state index contributed by atoms with van der Waals surface area (Å²) in [6, 6.07) is 2.93. The number of likely N-dealkylation sites (tertiary alicyclic amines) is 1. The van der Waals surface area contributed by atoms with Gasteiger partial charge in [0.1, 0.15) is 17.2 Å². The van der Waals surface area contributed by atoms with Gasteiger partial charge in [-0.05, 0) is 30.9 Å². The predicted molar refractivity (Wildman–Crippen MR) is 105 cm³/mol.